The minimum absolute atomic E-state index is 0.0379. The summed E-state index contributed by atoms with van der Waals surface area (Å²) in [5.74, 6) is 2.88. The summed E-state index contributed by atoms with van der Waals surface area (Å²) in [4.78, 5) is 0. The van der Waals surface area contributed by atoms with Gasteiger partial charge >= 0.3 is 0 Å². The van der Waals surface area contributed by atoms with Crippen LogP contribution >= 0.6 is 0 Å². The molecule has 3 heterocycles. The molecule has 0 spiro atoms. The van der Waals surface area contributed by atoms with E-state index < -0.39 is 0 Å². The number of para-hydroxylation sites is 1. The predicted octanol–water partition coefficient (Wildman–Crippen LogP) is 14.1. The Labute approximate surface area is 331 Å². The fourth-order valence-electron chi connectivity index (χ4n) is 8.67. The summed E-state index contributed by atoms with van der Waals surface area (Å²) < 4.78 is 15.6. The van der Waals surface area contributed by atoms with Crippen molar-refractivity contribution < 1.29 is 9.47 Å². The van der Waals surface area contributed by atoms with E-state index in [1.54, 1.807) is 0 Å². The molecule has 1 atom stereocenters. The van der Waals surface area contributed by atoms with Crippen LogP contribution in [0.25, 0.3) is 60.7 Å². The Balaban J connectivity index is 0.970. The molecule has 2 aliphatic rings. The topological polar surface area (TPSA) is 35.4 Å². The third kappa shape index (κ3) is 5.77. The zero-order chi connectivity index (χ0) is 37.9. The Bertz CT molecular complexity index is 3070. The van der Waals surface area contributed by atoms with Crippen LogP contribution in [0.4, 0.5) is 0 Å². The molecular formula is C53H38N2O2. The Morgan fingerprint density at radius 1 is 0.526 bits per heavy atom. The standard InChI is InChI=1S/C53H38N2O2/c1-34-29-42(35-13-4-2-5-14-35)31-46(37-15-6-3-7-16-37)54-51(34)41-20-12-19-38(30-41)36-23-25-43(26-24-36)55-47-22-11-10-21-44(47)45-27-28-48-53(52(45)55)57-50-33-40-18-9-8-17-39(40)32-49(50)56-48/h2-28,30-33,46,54H,29H2,1H3. The van der Waals surface area contributed by atoms with Gasteiger partial charge in [-0.2, -0.15) is 0 Å². The first kappa shape index (κ1) is 33.1. The molecular weight excluding hydrogens is 697 g/mol. The first-order valence-corrected chi connectivity index (χ1v) is 19.6. The van der Waals surface area contributed by atoms with Crippen molar-refractivity contribution in [3.05, 3.63) is 210 Å². The van der Waals surface area contributed by atoms with Crippen molar-refractivity contribution >= 4 is 43.8 Å². The first-order chi connectivity index (χ1) is 28.1. The van der Waals surface area contributed by atoms with Crippen LogP contribution in [0.3, 0.4) is 0 Å². The highest BCUT2D eigenvalue weighted by Crippen LogP contribution is 2.52. The van der Waals surface area contributed by atoms with Gasteiger partial charge in [0, 0.05) is 22.2 Å². The largest absolute Gasteiger partial charge is 0.449 e. The van der Waals surface area contributed by atoms with Crippen molar-refractivity contribution in [1.82, 2.24) is 9.88 Å². The number of rotatable bonds is 5. The van der Waals surface area contributed by atoms with Crippen LogP contribution in [0, 0.1) is 0 Å². The van der Waals surface area contributed by atoms with Gasteiger partial charge in [0.25, 0.3) is 0 Å². The van der Waals surface area contributed by atoms with Gasteiger partial charge in [-0.25, -0.2) is 0 Å². The molecule has 1 aromatic heterocycles. The molecule has 0 saturated carbocycles. The van der Waals surface area contributed by atoms with E-state index in [-0.39, 0.29) is 6.04 Å². The molecule has 272 valence electrons. The molecule has 4 nitrogen and oxygen atoms in total. The van der Waals surface area contributed by atoms with E-state index in [2.05, 4.69) is 193 Å². The van der Waals surface area contributed by atoms with E-state index >= 15 is 0 Å². The predicted molar refractivity (Wildman–Crippen MR) is 234 cm³/mol. The van der Waals surface area contributed by atoms with E-state index in [1.807, 2.05) is 12.1 Å². The number of benzene rings is 8. The summed E-state index contributed by atoms with van der Waals surface area (Å²) >= 11 is 0. The van der Waals surface area contributed by atoms with Gasteiger partial charge in [0.05, 0.1) is 11.6 Å². The van der Waals surface area contributed by atoms with E-state index in [0.29, 0.717) is 5.75 Å². The number of ether oxygens (including phenoxy) is 2. The maximum Gasteiger partial charge on any atom is 0.194 e. The molecule has 1 unspecified atom stereocenters. The van der Waals surface area contributed by atoms with Crippen LogP contribution in [0.5, 0.6) is 23.0 Å². The quantitative estimate of drug-likeness (QED) is 0.191. The molecule has 0 fully saturated rings. The minimum Gasteiger partial charge on any atom is -0.449 e. The maximum atomic E-state index is 6.78. The molecule has 4 heteroatoms. The molecule has 0 radical (unpaired) electrons. The Morgan fingerprint density at radius 2 is 1.19 bits per heavy atom. The number of hydrogen-bond donors (Lipinski definition) is 1. The van der Waals surface area contributed by atoms with Gasteiger partial charge in [0.1, 0.15) is 5.52 Å². The summed E-state index contributed by atoms with van der Waals surface area (Å²) in [5, 5.41) is 8.47. The zero-order valence-corrected chi connectivity index (χ0v) is 31.4. The number of fused-ring (bicyclic) bond motifs is 7. The normalized spacial score (nSPS) is 15.0. The molecule has 1 N–H and O–H groups in total. The highest BCUT2D eigenvalue weighted by molar-refractivity contribution is 6.12. The van der Waals surface area contributed by atoms with Gasteiger partial charge in [-0.05, 0) is 112 Å². The Hall–Kier alpha value is -7.30. The lowest BCUT2D eigenvalue weighted by molar-refractivity contribution is 0.363. The number of nitrogens with one attached hydrogen (secondary N) is 1. The molecule has 0 amide bonds. The first-order valence-electron chi connectivity index (χ1n) is 19.6. The molecule has 9 aromatic rings. The average Bonchev–Trinajstić information content (AvgIpc) is 3.50. The Morgan fingerprint density at radius 3 is 1.98 bits per heavy atom. The monoisotopic (exact) mass is 734 g/mol. The van der Waals surface area contributed by atoms with Crippen LogP contribution in [0.1, 0.15) is 36.1 Å². The molecule has 11 rings (SSSR count). The maximum absolute atomic E-state index is 6.78. The SMILES string of the molecule is CC1=C(c2cccc(-c3ccc(-n4c5ccccc5c5ccc6c(c54)Oc4cc5ccccc5cc4O6)cc3)c2)NC(c2ccccc2)C=C(c2ccccc2)C1. The molecule has 0 saturated heterocycles. The summed E-state index contributed by atoms with van der Waals surface area (Å²) in [7, 11) is 0. The third-order valence-corrected chi connectivity index (χ3v) is 11.5. The van der Waals surface area contributed by atoms with Crippen molar-refractivity contribution in [1.29, 1.82) is 0 Å². The number of aromatic nitrogens is 1. The lowest BCUT2D eigenvalue weighted by Crippen LogP contribution is -2.18. The van der Waals surface area contributed by atoms with Crippen LogP contribution in [0.15, 0.2) is 194 Å². The number of nitrogens with zero attached hydrogens (tertiary/aromatic N) is 1. The van der Waals surface area contributed by atoms with Gasteiger partial charge in [0.15, 0.2) is 23.0 Å². The van der Waals surface area contributed by atoms with Gasteiger partial charge in [-0.1, -0.05) is 140 Å². The summed E-state index contributed by atoms with van der Waals surface area (Å²) in [6.07, 6.45) is 3.27. The van der Waals surface area contributed by atoms with Crippen LogP contribution in [0.2, 0.25) is 0 Å². The molecule has 2 aliphatic heterocycles. The average molecular weight is 735 g/mol. The second-order valence-electron chi connectivity index (χ2n) is 15.0. The van der Waals surface area contributed by atoms with Crippen molar-refractivity contribution in [2.24, 2.45) is 0 Å². The highest BCUT2D eigenvalue weighted by atomic mass is 16.6. The van der Waals surface area contributed by atoms with Crippen molar-refractivity contribution in [2.75, 3.05) is 0 Å². The van der Waals surface area contributed by atoms with Crippen molar-refractivity contribution in [2.45, 2.75) is 19.4 Å². The van der Waals surface area contributed by atoms with Crippen molar-refractivity contribution in [3.8, 4) is 39.8 Å². The van der Waals surface area contributed by atoms with Gasteiger partial charge in [-0.3, -0.25) is 0 Å². The second kappa shape index (κ2) is 13.5. The highest BCUT2D eigenvalue weighted by Gasteiger charge is 2.26. The molecule has 8 aromatic carbocycles. The smallest absolute Gasteiger partial charge is 0.194 e. The minimum atomic E-state index is 0.0379. The third-order valence-electron chi connectivity index (χ3n) is 11.5. The van der Waals surface area contributed by atoms with Crippen LogP contribution < -0.4 is 14.8 Å². The Kier molecular flexibility index (Phi) is 7.82. The fraction of sp³-hybridized carbons (Fsp3) is 0.0566. The molecule has 0 bridgehead atoms. The second-order valence-corrected chi connectivity index (χ2v) is 15.0. The number of allylic oxidation sites excluding steroid dienone is 2. The van der Waals surface area contributed by atoms with E-state index in [0.717, 1.165) is 67.7 Å². The van der Waals surface area contributed by atoms with Gasteiger partial charge < -0.3 is 19.4 Å². The lowest BCUT2D eigenvalue weighted by Gasteiger charge is -2.23. The van der Waals surface area contributed by atoms with E-state index in [9.17, 15) is 0 Å². The van der Waals surface area contributed by atoms with Crippen LogP contribution in [-0.2, 0) is 0 Å². The lowest BCUT2D eigenvalue weighted by atomic mass is 9.95. The molecule has 57 heavy (non-hydrogen) atoms. The van der Waals surface area contributed by atoms with Gasteiger partial charge in [0.2, 0.25) is 0 Å². The summed E-state index contributed by atoms with van der Waals surface area (Å²) in [6, 6.07) is 64.5. The summed E-state index contributed by atoms with van der Waals surface area (Å²) in [6.45, 7) is 2.26. The summed E-state index contributed by atoms with van der Waals surface area (Å²) in [5.41, 5.74) is 13.0. The zero-order valence-electron chi connectivity index (χ0n) is 31.4. The van der Waals surface area contributed by atoms with Gasteiger partial charge in [-0.15, -0.1) is 0 Å². The fourth-order valence-corrected chi connectivity index (χ4v) is 8.67. The van der Waals surface area contributed by atoms with Crippen molar-refractivity contribution in [3.63, 3.8) is 0 Å². The van der Waals surface area contributed by atoms with E-state index in [4.69, 9.17) is 9.47 Å². The van der Waals surface area contributed by atoms with Crippen LogP contribution in [-0.4, -0.2) is 4.57 Å². The number of hydrogen-bond acceptors (Lipinski definition) is 3. The van der Waals surface area contributed by atoms with E-state index in [1.165, 1.54) is 38.9 Å². The molecule has 0 aliphatic carbocycles.